The van der Waals surface area contributed by atoms with Crippen molar-refractivity contribution in [1.29, 1.82) is 0 Å². The molecule has 0 bridgehead atoms. The summed E-state index contributed by atoms with van der Waals surface area (Å²) < 4.78 is 26.2. The van der Waals surface area contributed by atoms with Gasteiger partial charge in [0.25, 0.3) is 5.91 Å². The summed E-state index contributed by atoms with van der Waals surface area (Å²) in [5, 5.41) is 0.734. The van der Waals surface area contributed by atoms with Crippen molar-refractivity contribution in [3.63, 3.8) is 0 Å². The van der Waals surface area contributed by atoms with E-state index in [-0.39, 0.29) is 36.8 Å². The molecule has 2 rings (SSSR count). The van der Waals surface area contributed by atoms with Crippen LogP contribution in [0.2, 0.25) is 0 Å². The van der Waals surface area contributed by atoms with Crippen LogP contribution < -0.4 is 0 Å². The molecule has 5 nitrogen and oxygen atoms in total. The van der Waals surface area contributed by atoms with Crippen LogP contribution in [0.1, 0.15) is 46.4 Å². The molecule has 1 saturated carbocycles. The van der Waals surface area contributed by atoms with Crippen LogP contribution in [0.15, 0.2) is 24.3 Å². The highest BCUT2D eigenvalue weighted by Crippen LogP contribution is 2.36. The predicted molar refractivity (Wildman–Crippen MR) is 76.9 cm³/mol. The number of benzene rings is 1. The third-order valence-corrected chi connectivity index (χ3v) is 3.88. The van der Waals surface area contributed by atoms with E-state index in [0.29, 0.717) is 6.29 Å². The standard InChI is InChI=1S/C16H17F2NO4/c1-19(14(21)13-5-3-2-4-12(13)10-20)23-15(22)11-6-8-16(17,18)9-7-11/h2-5,10-11H,6-9H2,1H3. The van der Waals surface area contributed by atoms with Gasteiger partial charge < -0.3 is 4.84 Å². The van der Waals surface area contributed by atoms with Gasteiger partial charge in [0.1, 0.15) is 0 Å². The van der Waals surface area contributed by atoms with Gasteiger partial charge in [0.15, 0.2) is 6.29 Å². The Labute approximate surface area is 132 Å². The van der Waals surface area contributed by atoms with E-state index in [1.165, 1.54) is 19.2 Å². The minimum Gasteiger partial charge on any atom is -0.338 e. The topological polar surface area (TPSA) is 63.7 Å². The van der Waals surface area contributed by atoms with Gasteiger partial charge in [-0.25, -0.2) is 13.6 Å². The van der Waals surface area contributed by atoms with E-state index in [1.54, 1.807) is 12.1 Å². The number of hydroxylamine groups is 2. The summed E-state index contributed by atoms with van der Waals surface area (Å²) in [6.07, 6.45) is -0.138. The highest BCUT2D eigenvalue weighted by Gasteiger charge is 2.38. The summed E-state index contributed by atoms with van der Waals surface area (Å²) in [5.41, 5.74) is 0.283. The van der Waals surface area contributed by atoms with Gasteiger partial charge in [-0.2, -0.15) is 5.06 Å². The number of hydrogen-bond acceptors (Lipinski definition) is 4. The van der Waals surface area contributed by atoms with Crippen LogP contribution in [0.5, 0.6) is 0 Å². The monoisotopic (exact) mass is 325 g/mol. The lowest BCUT2D eigenvalue weighted by atomic mass is 9.87. The molecule has 0 atom stereocenters. The highest BCUT2D eigenvalue weighted by molar-refractivity contribution is 6.01. The van der Waals surface area contributed by atoms with Gasteiger partial charge in [-0.3, -0.25) is 9.59 Å². The lowest BCUT2D eigenvalue weighted by molar-refractivity contribution is -0.182. The van der Waals surface area contributed by atoms with Gasteiger partial charge >= 0.3 is 5.97 Å². The molecule has 7 heteroatoms. The first kappa shape index (κ1) is 17.1. The number of amides is 1. The van der Waals surface area contributed by atoms with Crippen LogP contribution in [-0.4, -0.2) is 36.2 Å². The molecule has 1 aliphatic rings. The number of hydrogen-bond donors (Lipinski definition) is 0. The van der Waals surface area contributed by atoms with Crippen molar-refractivity contribution in [2.24, 2.45) is 5.92 Å². The second kappa shape index (κ2) is 6.85. The Morgan fingerprint density at radius 2 is 1.87 bits per heavy atom. The fourth-order valence-corrected chi connectivity index (χ4v) is 2.49. The Balaban J connectivity index is 1.98. The third-order valence-electron chi connectivity index (χ3n) is 3.88. The third kappa shape index (κ3) is 4.12. The van der Waals surface area contributed by atoms with Crippen LogP contribution in [-0.2, 0) is 9.63 Å². The lowest BCUT2D eigenvalue weighted by Gasteiger charge is -2.27. The maximum Gasteiger partial charge on any atom is 0.335 e. The highest BCUT2D eigenvalue weighted by atomic mass is 19.3. The average molecular weight is 325 g/mol. The molecule has 0 aromatic heterocycles. The summed E-state index contributed by atoms with van der Waals surface area (Å²) in [7, 11) is 1.25. The zero-order valence-electron chi connectivity index (χ0n) is 12.6. The molecule has 0 heterocycles. The van der Waals surface area contributed by atoms with E-state index in [4.69, 9.17) is 4.84 Å². The molecule has 1 aromatic rings. The predicted octanol–water partition coefficient (Wildman–Crippen LogP) is 2.85. The van der Waals surface area contributed by atoms with Gasteiger partial charge in [0.05, 0.1) is 11.5 Å². The molecular formula is C16H17F2NO4. The number of aldehydes is 1. The minimum absolute atomic E-state index is 0.0266. The van der Waals surface area contributed by atoms with Crippen molar-refractivity contribution in [2.45, 2.75) is 31.6 Å². The van der Waals surface area contributed by atoms with Crippen molar-refractivity contribution in [1.82, 2.24) is 5.06 Å². The Morgan fingerprint density at radius 1 is 1.26 bits per heavy atom. The number of nitrogens with zero attached hydrogens (tertiary/aromatic N) is 1. The van der Waals surface area contributed by atoms with Crippen molar-refractivity contribution < 1.29 is 28.0 Å². The largest absolute Gasteiger partial charge is 0.338 e. The first-order chi connectivity index (χ1) is 10.8. The minimum atomic E-state index is -2.73. The molecule has 1 aromatic carbocycles. The summed E-state index contributed by atoms with van der Waals surface area (Å²) in [6, 6.07) is 6.10. The zero-order valence-corrected chi connectivity index (χ0v) is 12.6. The average Bonchev–Trinajstić information content (AvgIpc) is 2.53. The SMILES string of the molecule is CN(OC(=O)C1CCC(F)(F)CC1)C(=O)c1ccccc1C=O. The molecule has 0 unspecified atom stereocenters. The molecule has 1 fully saturated rings. The smallest absolute Gasteiger partial charge is 0.335 e. The molecule has 124 valence electrons. The number of carbonyl (C=O) groups excluding carboxylic acids is 3. The van der Waals surface area contributed by atoms with Gasteiger partial charge in [-0.15, -0.1) is 0 Å². The number of carbonyl (C=O) groups is 3. The van der Waals surface area contributed by atoms with Gasteiger partial charge in [-0.05, 0) is 18.9 Å². The Morgan fingerprint density at radius 3 is 2.48 bits per heavy atom. The van der Waals surface area contributed by atoms with Gasteiger partial charge in [0, 0.05) is 25.5 Å². The molecule has 0 N–H and O–H groups in total. The van der Waals surface area contributed by atoms with E-state index in [1.807, 2.05) is 0 Å². The summed E-state index contributed by atoms with van der Waals surface area (Å²) in [4.78, 5) is 40.1. The molecule has 23 heavy (non-hydrogen) atoms. The van der Waals surface area contributed by atoms with E-state index >= 15 is 0 Å². The molecule has 0 saturated heterocycles. The first-order valence-electron chi connectivity index (χ1n) is 7.26. The summed E-state index contributed by atoms with van der Waals surface area (Å²) >= 11 is 0. The zero-order chi connectivity index (χ0) is 17.0. The molecule has 1 amide bonds. The molecule has 0 spiro atoms. The fraction of sp³-hybridized carbons (Fsp3) is 0.438. The van der Waals surface area contributed by atoms with E-state index in [2.05, 4.69) is 0 Å². The number of halogens is 2. The Bertz CT molecular complexity index is 608. The Hall–Kier alpha value is -2.31. The molecular weight excluding hydrogens is 308 g/mol. The summed E-state index contributed by atoms with van der Waals surface area (Å²) in [6.45, 7) is 0. The molecule has 0 radical (unpaired) electrons. The lowest BCUT2D eigenvalue weighted by Crippen LogP contribution is -2.36. The molecule has 1 aliphatic carbocycles. The molecule has 0 aliphatic heterocycles. The first-order valence-corrected chi connectivity index (χ1v) is 7.26. The maximum atomic E-state index is 13.1. The van der Waals surface area contributed by atoms with Crippen molar-refractivity contribution >= 4 is 18.2 Å². The summed E-state index contributed by atoms with van der Waals surface area (Å²) in [5.74, 6) is -4.74. The van der Waals surface area contributed by atoms with Gasteiger partial charge in [0.2, 0.25) is 5.92 Å². The van der Waals surface area contributed by atoms with Crippen LogP contribution >= 0.6 is 0 Å². The number of alkyl halides is 2. The Kier molecular flexibility index (Phi) is 5.08. The van der Waals surface area contributed by atoms with Crippen LogP contribution in [0.25, 0.3) is 0 Å². The van der Waals surface area contributed by atoms with E-state index in [9.17, 15) is 23.2 Å². The normalized spacial score (nSPS) is 17.3. The fourth-order valence-electron chi connectivity index (χ4n) is 2.49. The van der Waals surface area contributed by atoms with Crippen LogP contribution in [0, 0.1) is 5.92 Å². The second-order valence-corrected chi connectivity index (χ2v) is 5.55. The van der Waals surface area contributed by atoms with Crippen molar-refractivity contribution in [3.8, 4) is 0 Å². The van der Waals surface area contributed by atoms with Crippen LogP contribution in [0.4, 0.5) is 8.78 Å². The van der Waals surface area contributed by atoms with Crippen LogP contribution in [0.3, 0.4) is 0 Å². The number of rotatable bonds is 3. The maximum absolute atomic E-state index is 13.1. The second-order valence-electron chi connectivity index (χ2n) is 5.55. The quantitative estimate of drug-likeness (QED) is 0.633. The van der Waals surface area contributed by atoms with E-state index in [0.717, 1.165) is 5.06 Å². The van der Waals surface area contributed by atoms with Crippen molar-refractivity contribution in [2.75, 3.05) is 7.05 Å². The van der Waals surface area contributed by atoms with E-state index < -0.39 is 23.7 Å². The van der Waals surface area contributed by atoms with Gasteiger partial charge in [-0.1, -0.05) is 18.2 Å². The van der Waals surface area contributed by atoms with Crippen molar-refractivity contribution in [3.05, 3.63) is 35.4 Å².